The van der Waals surface area contributed by atoms with Crippen LogP contribution in [0.1, 0.15) is 48.0 Å². The van der Waals surface area contributed by atoms with E-state index in [1.807, 2.05) is 24.3 Å². The highest BCUT2D eigenvalue weighted by molar-refractivity contribution is 5.37. The number of hydrogen-bond donors (Lipinski definition) is 1. The van der Waals surface area contributed by atoms with Crippen LogP contribution in [0.4, 0.5) is 4.39 Å². The molecule has 0 saturated heterocycles. The van der Waals surface area contributed by atoms with Crippen molar-refractivity contribution in [2.75, 3.05) is 7.11 Å². The lowest BCUT2D eigenvalue weighted by atomic mass is 9.80. The Morgan fingerprint density at radius 1 is 1.14 bits per heavy atom. The lowest BCUT2D eigenvalue weighted by molar-refractivity contribution is 0.214. The molecule has 2 aromatic rings. The van der Waals surface area contributed by atoms with E-state index in [0.29, 0.717) is 17.2 Å². The first-order chi connectivity index (χ1) is 10.2. The van der Waals surface area contributed by atoms with Crippen molar-refractivity contribution in [3.63, 3.8) is 0 Å². The van der Waals surface area contributed by atoms with Gasteiger partial charge in [-0.05, 0) is 42.0 Å². The maximum atomic E-state index is 14.0. The average molecular weight is 286 g/mol. The van der Waals surface area contributed by atoms with Crippen molar-refractivity contribution in [2.45, 2.75) is 31.3 Å². The molecule has 0 aliphatic heterocycles. The van der Waals surface area contributed by atoms with Gasteiger partial charge in [0.15, 0.2) is 0 Å². The van der Waals surface area contributed by atoms with Crippen molar-refractivity contribution in [1.82, 2.24) is 0 Å². The van der Waals surface area contributed by atoms with Crippen LogP contribution in [0.25, 0.3) is 0 Å². The molecule has 2 aromatic carbocycles. The summed E-state index contributed by atoms with van der Waals surface area (Å²) >= 11 is 0. The molecule has 0 radical (unpaired) electrons. The zero-order valence-electron chi connectivity index (χ0n) is 12.1. The second-order valence-corrected chi connectivity index (χ2v) is 5.58. The first kappa shape index (κ1) is 14.1. The number of methoxy groups -OCH3 is 1. The molecule has 0 aromatic heterocycles. The number of halogens is 1. The van der Waals surface area contributed by atoms with Gasteiger partial charge in [0.05, 0.1) is 7.11 Å². The van der Waals surface area contributed by atoms with Crippen molar-refractivity contribution in [2.24, 2.45) is 0 Å². The second kappa shape index (κ2) is 5.86. The van der Waals surface area contributed by atoms with E-state index in [9.17, 15) is 9.50 Å². The van der Waals surface area contributed by atoms with Crippen LogP contribution in [0.5, 0.6) is 5.75 Å². The molecule has 1 unspecified atom stereocenters. The van der Waals surface area contributed by atoms with Crippen molar-refractivity contribution >= 4 is 0 Å². The summed E-state index contributed by atoms with van der Waals surface area (Å²) in [5.41, 5.74) is 2.29. The summed E-state index contributed by atoms with van der Waals surface area (Å²) in [6.45, 7) is 0. The van der Waals surface area contributed by atoms with Gasteiger partial charge >= 0.3 is 0 Å². The van der Waals surface area contributed by atoms with E-state index in [0.717, 1.165) is 0 Å². The van der Waals surface area contributed by atoms with Crippen LogP contribution >= 0.6 is 0 Å². The summed E-state index contributed by atoms with van der Waals surface area (Å²) in [5.74, 6) is 0.655. The van der Waals surface area contributed by atoms with Crippen LogP contribution in [0, 0.1) is 5.82 Å². The van der Waals surface area contributed by atoms with E-state index in [-0.39, 0.29) is 5.56 Å². The molecule has 3 heteroatoms. The Bertz CT molecular complexity index is 618. The number of benzene rings is 2. The van der Waals surface area contributed by atoms with Crippen LogP contribution in [0.2, 0.25) is 0 Å². The zero-order chi connectivity index (χ0) is 14.8. The third kappa shape index (κ3) is 2.79. The monoisotopic (exact) mass is 286 g/mol. The molecule has 1 N–H and O–H groups in total. The molecular formula is C18H19FO2. The largest absolute Gasteiger partial charge is 0.497 e. The van der Waals surface area contributed by atoms with Gasteiger partial charge in [-0.15, -0.1) is 0 Å². The number of aliphatic hydroxyl groups is 1. The van der Waals surface area contributed by atoms with Gasteiger partial charge in [-0.2, -0.15) is 0 Å². The Kier molecular flexibility index (Phi) is 3.93. The number of ether oxygens (including phenoxy) is 1. The van der Waals surface area contributed by atoms with E-state index < -0.39 is 11.9 Å². The predicted molar refractivity (Wildman–Crippen MR) is 80.0 cm³/mol. The van der Waals surface area contributed by atoms with Crippen LogP contribution in [0.3, 0.4) is 0 Å². The van der Waals surface area contributed by atoms with E-state index in [1.165, 1.54) is 38.0 Å². The van der Waals surface area contributed by atoms with E-state index in [2.05, 4.69) is 0 Å². The SMILES string of the molecule is COc1ccc(C(O)c2ccc(C3CCC3)cc2)c(F)c1. The van der Waals surface area contributed by atoms with Gasteiger partial charge in [0.1, 0.15) is 17.7 Å². The number of aliphatic hydroxyl groups excluding tert-OH is 1. The topological polar surface area (TPSA) is 29.5 Å². The summed E-state index contributed by atoms with van der Waals surface area (Å²) in [7, 11) is 1.49. The standard InChI is InChI=1S/C18H19FO2/c1-21-15-9-10-16(17(19)11-15)18(20)14-7-5-13(6-8-14)12-3-2-4-12/h5-12,18,20H,2-4H2,1H3. The van der Waals surface area contributed by atoms with Crippen molar-refractivity contribution in [1.29, 1.82) is 0 Å². The van der Waals surface area contributed by atoms with Crippen LogP contribution in [0.15, 0.2) is 42.5 Å². The quantitative estimate of drug-likeness (QED) is 0.913. The van der Waals surface area contributed by atoms with E-state index in [1.54, 1.807) is 12.1 Å². The summed E-state index contributed by atoms with van der Waals surface area (Å²) < 4.78 is 19.0. The van der Waals surface area contributed by atoms with Crippen molar-refractivity contribution < 1.29 is 14.2 Å². The molecule has 1 atom stereocenters. The van der Waals surface area contributed by atoms with E-state index >= 15 is 0 Å². The van der Waals surface area contributed by atoms with Gasteiger partial charge in [-0.25, -0.2) is 4.39 Å². The molecule has 21 heavy (non-hydrogen) atoms. The summed E-state index contributed by atoms with van der Waals surface area (Å²) in [6.07, 6.45) is 2.84. The Balaban J connectivity index is 1.82. The fraction of sp³-hybridized carbons (Fsp3) is 0.333. The Labute approximate surface area is 124 Å². The molecule has 0 heterocycles. The highest BCUT2D eigenvalue weighted by atomic mass is 19.1. The smallest absolute Gasteiger partial charge is 0.133 e. The van der Waals surface area contributed by atoms with Gasteiger partial charge in [0, 0.05) is 11.6 Å². The minimum Gasteiger partial charge on any atom is -0.497 e. The molecule has 1 aliphatic carbocycles. The maximum absolute atomic E-state index is 14.0. The predicted octanol–water partition coefficient (Wildman–Crippen LogP) is 4.18. The molecular weight excluding hydrogens is 267 g/mol. The molecule has 3 rings (SSSR count). The summed E-state index contributed by atoms with van der Waals surface area (Å²) in [4.78, 5) is 0. The third-order valence-corrected chi connectivity index (χ3v) is 4.33. The molecule has 0 spiro atoms. The fourth-order valence-electron chi connectivity index (χ4n) is 2.73. The molecule has 110 valence electrons. The first-order valence-corrected chi connectivity index (χ1v) is 7.30. The second-order valence-electron chi connectivity index (χ2n) is 5.58. The summed E-state index contributed by atoms with van der Waals surface area (Å²) in [5, 5.41) is 10.4. The van der Waals surface area contributed by atoms with Gasteiger partial charge in [-0.1, -0.05) is 30.7 Å². The van der Waals surface area contributed by atoms with Gasteiger partial charge in [0.25, 0.3) is 0 Å². The lowest BCUT2D eigenvalue weighted by Crippen LogP contribution is -2.09. The molecule has 1 saturated carbocycles. The van der Waals surface area contributed by atoms with Crippen LogP contribution < -0.4 is 4.74 Å². The number of rotatable bonds is 4. The maximum Gasteiger partial charge on any atom is 0.133 e. The Hall–Kier alpha value is -1.87. The van der Waals surface area contributed by atoms with Crippen LogP contribution in [-0.4, -0.2) is 12.2 Å². The molecule has 0 bridgehead atoms. The zero-order valence-corrected chi connectivity index (χ0v) is 12.1. The normalized spacial score (nSPS) is 16.3. The summed E-state index contributed by atoms with van der Waals surface area (Å²) in [6, 6.07) is 12.4. The highest BCUT2D eigenvalue weighted by Crippen LogP contribution is 2.37. The highest BCUT2D eigenvalue weighted by Gasteiger charge is 2.20. The van der Waals surface area contributed by atoms with Crippen molar-refractivity contribution in [3.05, 3.63) is 65.0 Å². The average Bonchev–Trinajstić information content (AvgIpc) is 2.45. The lowest BCUT2D eigenvalue weighted by Gasteiger charge is -2.26. The van der Waals surface area contributed by atoms with E-state index in [4.69, 9.17) is 4.74 Å². The van der Waals surface area contributed by atoms with Crippen molar-refractivity contribution in [3.8, 4) is 5.75 Å². The van der Waals surface area contributed by atoms with Gasteiger partial charge in [-0.3, -0.25) is 0 Å². The molecule has 2 nitrogen and oxygen atoms in total. The minimum absolute atomic E-state index is 0.271. The Morgan fingerprint density at radius 3 is 2.38 bits per heavy atom. The molecule has 0 amide bonds. The van der Waals surface area contributed by atoms with Gasteiger partial charge < -0.3 is 9.84 Å². The van der Waals surface area contributed by atoms with Crippen LogP contribution in [-0.2, 0) is 0 Å². The molecule has 1 aliphatic rings. The minimum atomic E-state index is -0.952. The Morgan fingerprint density at radius 2 is 1.86 bits per heavy atom. The third-order valence-electron chi connectivity index (χ3n) is 4.33. The molecule has 1 fully saturated rings. The number of hydrogen-bond acceptors (Lipinski definition) is 2. The fourth-order valence-corrected chi connectivity index (χ4v) is 2.73. The first-order valence-electron chi connectivity index (χ1n) is 7.30. The van der Waals surface area contributed by atoms with Gasteiger partial charge in [0.2, 0.25) is 0 Å².